The number of ether oxygens (including phenoxy) is 2. The van der Waals surface area contributed by atoms with Gasteiger partial charge in [-0.05, 0) is 42.0 Å². The molecule has 0 saturated carbocycles. The summed E-state index contributed by atoms with van der Waals surface area (Å²) < 4.78 is 24.1. The average molecular weight is 338 g/mol. The lowest BCUT2D eigenvalue weighted by molar-refractivity contribution is -0.144. The Labute approximate surface area is 143 Å². The maximum Gasteiger partial charge on any atom is 0.310 e. The Hall–Kier alpha value is -3.33. The SMILES string of the molecule is COc1ccc2[nH]cc(CC(=O)OCc3cc(C#N)ccc3F)c2c1. The van der Waals surface area contributed by atoms with Crippen molar-refractivity contribution in [3.63, 3.8) is 0 Å². The highest BCUT2D eigenvalue weighted by atomic mass is 19.1. The van der Waals surface area contributed by atoms with Crippen molar-refractivity contribution in [2.75, 3.05) is 7.11 Å². The second-order valence-corrected chi connectivity index (χ2v) is 5.48. The van der Waals surface area contributed by atoms with Crippen molar-refractivity contribution in [3.8, 4) is 11.8 Å². The number of hydrogen-bond donors (Lipinski definition) is 1. The monoisotopic (exact) mass is 338 g/mol. The molecule has 3 rings (SSSR count). The second-order valence-electron chi connectivity index (χ2n) is 5.48. The summed E-state index contributed by atoms with van der Waals surface area (Å²) in [5.41, 5.74) is 2.14. The molecule has 0 spiro atoms. The van der Waals surface area contributed by atoms with E-state index in [2.05, 4.69) is 4.98 Å². The Bertz CT molecular complexity index is 972. The van der Waals surface area contributed by atoms with Gasteiger partial charge in [0.05, 0.1) is 25.2 Å². The molecular weight excluding hydrogens is 323 g/mol. The van der Waals surface area contributed by atoms with Crippen LogP contribution in [0.5, 0.6) is 5.75 Å². The van der Waals surface area contributed by atoms with Crippen molar-refractivity contribution >= 4 is 16.9 Å². The van der Waals surface area contributed by atoms with Gasteiger partial charge in [0, 0.05) is 22.7 Å². The fraction of sp³-hybridized carbons (Fsp3) is 0.158. The summed E-state index contributed by atoms with van der Waals surface area (Å²) in [7, 11) is 1.58. The first kappa shape index (κ1) is 16.5. The zero-order chi connectivity index (χ0) is 17.8. The van der Waals surface area contributed by atoms with Gasteiger partial charge < -0.3 is 14.5 Å². The van der Waals surface area contributed by atoms with Crippen LogP contribution in [0.4, 0.5) is 4.39 Å². The topological polar surface area (TPSA) is 75.1 Å². The highest BCUT2D eigenvalue weighted by molar-refractivity contribution is 5.88. The maximum absolute atomic E-state index is 13.7. The smallest absolute Gasteiger partial charge is 0.310 e. The number of hydrogen-bond acceptors (Lipinski definition) is 4. The Morgan fingerprint density at radius 3 is 2.84 bits per heavy atom. The zero-order valence-electron chi connectivity index (χ0n) is 13.5. The van der Waals surface area contributed by atoms with Crippen molar-refractivity contribution in [2.24, 2.45) is 0 Å². The summed E-state index contributed by atoms with van der Waals surface area (Å²) >= 11 is 0. The molecule has 6 heteroatoms. The van der Waals surface area contributed by atoms with E-state index in [1.54, 1.807) is 13.3 Å². The van der Waals surface area contributed by atoms with Gasteiger partial charge in [0.15, 0.2) is 0 Å². The minimum atomic E-state index is -0.511. The number of aromatic amines is 1. The van der Waals surface area contributed by atoms with Crippen molar-refractivity contribution in [2.45, 2.75) is 13.0 Å². The molecule has 25 heavy (non-hydrogen) atoms. The number of benzene rings is 2. The van der Waals surface area contributed by atoms with E-state index in [4.69, 9.17) is 14.7 Å². The number of methoxy groups -OCH3 is 1. The Morgan fingerprint density at radius 1 is 1.24 bits per heavy atom. The van der Waals surface area contributed by atoms with Crippen molar-refractivity contribution in [1.82, 2.24) is 4.98 Å². The van der Waals surface area contributed by atoms with E-state index in [1.807, 2.05) is 24.3 Å². The van der Waals surface area contributed by atoms with Crippen LogP contribution in [0.25, 0.3) is 10.9 Å². The molecule has 5 nitrogen and oxygen atoms in total. The van der Waals surface area contributed by atoms with Crippen LogP contribution in [0.1, 0.15) is 16.7 Å². The third-order valence-electron chi connectivity index (χ3n) is 3.87. The van der Waals surface area contributed by atoms with Crippen LogP contribution in [-0.2, 0) is 22.6 Å². The summed E-state index contributed by atoms with van der Waals surface area (Å²) in [5.74, 6) is -0.300. The summed E-state index contributed by atoms with van der Waals surface area (Å²) in [5, 5.41) is 9.72. The maximum atomic E-state index is 13.7. The summed E-state index contributed by atoms with van der Waals surface area (Å²) in [6.45, 7) is -0.216. The van der Waals surface area contributed by atoms with Crippen LogP contribution in [0.15, 0.2) is 42.6 Å². The fourth-order valence-electron chi connectivity index (χ4n) is 2.55. The Morgan fingerprint density at radius 2 is 2.08 bits per heavy atom. The number of carbonyl (C=O) groups excluding carboxylic acids is 1. The van der Waals surface area contributed by atoms with Crippen molar-refractivity contribution in [1.29, 1.82) is 5.26 Å². The first-order valence-corrected chi connectivity index (χ1v) is 7.59. The van der Waals surface area contributed by atoms with Crippen LogP contribution in [-0.4, -0.2) is 18.1 Å². The van der Waals surface area contributed by atoms with Crippen LogP contribution < -0.4 is 4.74 Å². The van der Waals surface area contributed by atoms with Gasteiger partial charge >= 0.3 is 5.97 Å². The number of nitrogens with zero attached hydrogens (tertiary/aromatic N) is 1. The van der Waals surface area contributed by atoms with Crippen LogP contribution >= 0.6 is 0 Å². The fourth-order valence-corrected chi connectivity index (χ4v) is 2.55. The molecule has 0 amide bonds. The van der Waals surface area contributed by atoms with Crippen LogP contribution in [0.2, 0.25) is 0 Å². The van der Waals surface area contributed by atoms with Gasteiger partial charge in [0.2, 0.25) is 0 Å². The van der Waals surface area contributed by atoms with Gasteiger partial charge in [-0.3, -0.25) is 4.79 Å². The van der Waals surface area contributed by atoms with E-state index < -0.39 is 11.8 Å². The normalized spacial score (nSPS) is 10.4. The lowest BCUT2D eigenvalue weighted by Gasteiger charge is -2.06. The number of H-pyrrole nitrogens is 1. The van der Waals surface area contributed by atoms with Gasteiger partial charge in [0.25, 0.3) is 0 Å². The van der Waals surface area contributed by atoms with Gasteiger partial charge in [-0.15, -0.1) is 0 Å². The molecule has 0 unspecified atom stereocenters. The summed E-state index contributed by atoms with van der Waals surface area (Å²) in [6.07, 6.45) is 1.79. The van der Waals surface area contributed by atoms with E-state index in [9.17, 15) is 9.18 Å². The third-order valence-corrected chi connectivity index (χ3v) is 3.87. The van der Waals surface area contributed by atoms with Crippen molar-refractivity contribution < 1.29 is 18.7 Å². The van der Waals surface area contributed by atoms with Crippen LogP contribution in [0, 0.1) is 17.1 Å². The molecule has 0 aliphatic heterocycles. The predicted molar refractivity (Wildman–Crippen MR) is 89.5 cm³/mol. The van der Waals surface area contributed by atoms with Gasteiger partial charge in [-0.1, -0.05) is 0 Å². The number of fused-ring (bicyclic) bond motifs is 1. The number of halogens is 1. The minimum Gasteiger partial charge on any atom is -0.497 e. The van der Waals surface area contributed by atoms with Gasteiger partial charge in [0.1, 0.15) is 18.2 Å². The number of nitriles is 1. The molecule has 0 fully saturated rings. The summed E-state index contributed by atoms with van der Waals surface area (Å²) in [6, 6.07) is 11.4. The van der Waals surface area contributed by atoms with E-state index in [-0.39, 0.29) is 18.6 Å². The molecule has 0 aliphatic carbocycles. The number of aromatic nitrogens is 1. The molecule has 1 aromatic heterocycles. The molecular formula is C19H15FN2O3. The standard InChI is InChI=1S/C19H15FN2O3/c1-24-15-3-5-18-16(8-15)13(10-22-18)7-19(23)25-11-14-6-12(9-21)2-4-17(14)20/h2-6,8,10,22H,7,11H2,1H3. The van der Waals surface area contributed by atoms with E-state index in [0.29, 0.717) is 11.3 Å². The molecule has 0 bridgehead atoms. The number of esters is 1. The Kier molecular flexibility index (Phi) is 4.66. The quantitative estimate of drug-likeness (QED) is 0.723. The largest absolute Gasteiger partial charge is 0.497 e. The predicted octanol–water partition coefficient (Wildman–Crippen LogP) is 3.47. The minimum absolute atomic E-state index is 0.0483. The first-order chi connectivity index (χ1) is 12.1. The second kappa shape index (κ2) is 7.05. The molecule has 0 aliphatic rings. The highest BCUT2D eigenvalue weighted by Crippen LogP contribution is 2.24. The first-order valence-electron chi connectivity index (χ1n) is 7.59. The molecule has 0 radical (unpaired) electrons. The number of nitrogens with one attached hydrogen (secondary N) is 1. The van der Waals surface area contributed by atoms with Crippen LogP contribution in [0.3, 0.4) is 0 Å². The third kappa shape index (κ3) is 3.61. The molecule has 3 aromatic rings. The summed E-state index contributed by atoms with van der Waals surface area (Å²) in [4.78, 5) is 15.2. The zero-order valence-corrected chi connectivity index (χ0v) is 13.5. The lowest BCUT2D eigenvalue weighted by Crippen LogP contribution is -2.08. The molecule has 1 heterocycles. The lowest BCUT2D eigenvalue weighted by atomic mass is 10.1. The van der Waals surface area contributed by atoms with Gasteiger partial charge in [-0.25, -0.2) is 4.39 Å². The van der Waals surface area contributed by atoms with E-state index in [0.717, 1.165) is 16.5 Å². The van der Waals surface area contributed by atoms with Crippen molar-refractivity contribution in [3.05, 3.63) is 65.1 Å². The molecule has 2 aromatic carbocycles. The number of rotatable bonds is 5. The molecule has 126 valence electrons. The van der Waals surface area contributed by atoms with E-state index >= 15 is 0 Å². The molecule has 0 saturated heterocycles. The molecule has 0 atom stereocenters. The van der Waals surface area contributed by atoms with E-state index in [1.165, 1.54) is 18.2 Å². The highest BCUT2D eigenvalue weighted by Gasteiger charge is 2.12. The average Bonchev–Trinajstić information content (AvgIpc) is 3.03. The Balaban J connectivity index is 1.70. The molecule has 1 N–H and O–H groups in total. The number of carbonyl (C=O) groups is 1. The van der Waals surface area contributed by atoms with Gasteiger partial charge in [-0.2, -0.15) is 5.26 Å².